The van der Waals surface area contributed by atoms with Crippen LogP contribution >= 0.6 is 15.9 Å². The zero-order chi connectivity index (χ0) is 13.7. The fourth-order valence-corrected chi connectivity index (χ4v) is 3.16. The molecule has 2 nitrogen and oxygen atoms in total. The van der Waals surface area contributed by atoms with Crippen LogP contribution in [-0.2, 0) is 0 Å². The van der Waals surface area contributed by atoms with E-state index in [4.69, 9.17) is 5.73 Å². The van der Waals surface area contributed by atoms with E-state index in [9.17, 15) is 4.39 Å². The SMILES string of the molecule is NCC(c1ccc(Br)cc1F)N1CCCCCCC1. The second-order valence-electron chi connectivity index (χ2n) is 5.22. The number of likely N-dealkylation sites (tertiary alicyclic amines) is 1. The van der Waals surface area contributed by atoms with Crippen molar-refractivity contribution in [2.45, 2.75) is 38.1 Å². The van der Waals surface area contributed by atoms with Gasteiger partial charge in [0.15, 0.2) is 0 Å². The van der Waals surface area contributed by atoms with Crippen LogP contribution in [0.4, 0.5) is 4.39 Å². The lowest BCUT2D eigenvalue weighted by Crippen LogP contribution is -2.36. The fraction of sp³-hybridized carbons (Fsp3) is 0.600. The van der Waals surface area contributed by atoms with Gasteiger partial charge in [-0.25, -0.2) is 4.39 Å². The number of hydrogen-bond acceptors (Lipinski definition) is 2. The number of nitrogens with two attached hydrogens (primary N) is 1. The number of benzene rings is 1. The van der Waals surface area contributed by atoms with Crippen molar-refractivity contribution < 1.29 is 4.39 Å². The zero-order valence-electron chi connectivity index (χ0n) is 11.2. The first-order valence-electron chi connectivity index (χ1n) is 7.11. The lowest BCUT2D eigenvalue weighted by Gasteiger charge is -2.32. The third kappa shape index (κ3) is 4.01. The summed E-state index contributed by atoms with van der Waals surface area (Å²) in [5.41, 5.74) is 6.64. The Morgan fingerprint density at radius 3 is 2.37 bits per heavy atom. The molecule has 19 heavy (non-hydrogen) atoms. The summed E-state index contributed by atoms with van der Waals surface area (Å²) in [5.74, 6) is -0.160. The smallest absolute Gasteiger partial charge is 0.129 e. The molecule has 1 saturated heterocycles. The highest BCUT2D eigenvalue weighted by Gasteiger charge is 2.22. The maximum absolute atomic E-state index is 14.1. The maximum atomic E-state index is 14.1. The van der Waals surface area contributed by atoms with Crippen LogP contribution in [0, 0.1) is 5.82 Å². The van der Waals surface area contributed by atoms with Crippen LogP contribution in [0.3, 0.4) is 0 Å². The fourth-order valence-electron chi connectivity index (χ4n) is 2.83. The number of halogens is 2. The molecule has 0 amide bonds. The van der Waals surface area contributed by atoms with Crippen LogP contribution < -0.4 is 5.73 Å². The largest absolute Gasteiger partial charge is 0.329 e. The molecule has 1 aliphatic heterocycles. The van der Waals surface area contributed by atoms with Crippen molar-refractivity contribution in [2.24, 2.45) is 5.73 Å². The summed E-state index contributed by atoms with van der Waals surface area (Å²) in [6.45, 7) is 2.52. The normalized spacial score (nSPS) is 19.7. The highest BCUT2D eigenvalue weighted by molar-refractivity contribution is 9.10. The molecule has 0 radical (unpaired) electrons. The number of nitrogens with zero attached hydrogens (tertiary/aromatic N) is 1. The minimum atomic E-state index is -0.160. The van der Waals surface area contributed by atoms with Gasteiger partial charge in [0, 0.05) is 22.6 Å². The van der Waals surface area contributed by atoms with E-state index in [0.29, 0.717) is 6.54 Å². The molecule has 2 N–H and O–H groups in total. The Balaban J connectivity index is 2.17. The Hall–Kier alpha value is -0.450. The highest BCUT2D eigenvalue weighted by atomic mass is 79.9. The van der Waals surface area contributed by atoms with E-state index in [2.05, 4.69) is 20.8 Å². The minimum absolute atomic E-state index is 0.00574. The third-order valence-corrected chi connectivity index (χ3v) is 4.37. The molecule has 4 heteroatoms. The Morgan fingerprint density at radius 2 is 1.79 bits per heavy atom. The predicted molar refractivity (Wildman–Crippen MR) is 80.6 cm³/mol. The van der Waals surface area contributed by atoms with Crippen molar-refractivity contribution in [1.82, 2.24) is 4.90 Å². The number of rotatable bonds is 3. The van der Waals surface area contributed by atoms with Crippen LogP contribution in [0.2, 0.25) is 0 Å². The zero-order valence-corrected chi connectivity index (χ0v) is 12.8. The molecule has 1 fully saturated rings. The molecule has 1 aromatic carbocycles. The van der Waals surface area contributed by atoms with Crippen LogP contribution in [0.5, 0.6) is 0 Å². The minimum Gasteiger partial charge on any atom is -0.329 e. The highest BCUT2D eigenvalue weighted by Crippen LogP contribution is 2.27. The van der Waals surface area contributed by atoms with Crippen molar-refractivity contribution in [3.8, 4) is 0 Å². The molecule has 1 aliphatic rings. The lowest BCUT2D eigenvalue weighted by molar-refractivity contribution is 0.180. The monoisotopic (exact) mass is 328 g/mol. The quantitative estimate of drug-likeness (QED) is 0.913. The molecule has 2 rings (SSSR count). The van der Waals surface area contributed by atoms with Gasteiger partial charge < -0.3 is 5.73 Å². The van der Waals surface area contributed by atoms with Crippen LogP contribution in [-0.4, -0.2) is 24.5 Å². The van der Waals surface area contributed by atoms with Gasteiger partial charge in [-0.15, -0.1) is 0 Å². The average molecular weight is 329 g/mol. The van der Waals surface area contributed by atoms with Gasteiger partial charge in [-0.05, 0) is 38.1 Å². The van der Waals surface area contributed by atoms with E-state index >= 15 is 0 Å². The van der Waals surface area contributed by atoms with Gasteiger partial charge in [0.25, 0.3) is 0 Å². The van der Waals surface area contributed by atoms with Gasteiger partial charge in [-0.3, -0.25) is 4.90 Å². The first-order chi connectivity index (χ1) is 9.22. The summed E-state index contributed by atoms with van der Waals surface area (Å²) in [6.07, 6.45) is 6.25. The summed E-state index contributed by atoms with van der Waals surface area (Å²) in [6, 6.07) is 5.29. The van der Waals surface area contributed by atoms with Crippen molar-refractivity contribution >= 4 is 15.9 Å². The van der Waals surface area contributed by atoms with E-state index in [-0.39, 0.29) is 11.9 Å². The molecular weight excluding hydrogens is 307 g/mol. The van der Waals surface area contributed by atoms with Gasteiger partial charge in [-0.1, -0.05) is 41.3 Å². The first kappa shape index (κ1) is 14.9. The second-order valence-corrected chi connectivity index (χ2v) is 6.14. The van der Waals surface area contributed by atoms with Crippen molar-refractivity contribution in [3.05, 3.63) is 34.1 Å². The summed E-state index contributed by atoms with van der Waals surface area (Å²) < 4.78 is 14.9. The Labute approximate surface area is 123 Å². The molecule has 106 valence electrons. The van der Waals surface area contributed by atoms with Crippen LogP contribution in [0.15, 0.2) is 22.7 Å². The van der Waals surface area contributed by atoms with Crippen LogP contribution in [0.1, 0.15) is 43.7 Å². The van der Waals surface area contributed by atoms with Gasteiger partial charge in [0.1, 0.15) is 5.82 Å². The molecule has 0 saturated carbocycles. The molecule has 1 aromatic rings. The Morgan fingerprint density at radius 1 is 1.16 bits per heavy atom. The molecule has 0 aliphatic carbocycles. The first-order valence-corrected chi connectivity index (χ1v) is 7.90. The average Bonchev–Trinajstić information content (AvgIpc) is 2.34. The molecule has 0 spiro atoms. The Bertz CT molecular complexity index is 403. The summed E-state index contributed by atoms with van der Waals surface area (Å²) in [4.78, 5) is 2.35. The van der Waals surface area contributed by atoms with Crippen molar-refractivity contribution in [1.29, 1.82) is 0 Å². The van der Waals surface area contributed by atoms with E-state index in [1.807, 2.05) is 12.1 Å². The molecular formula is C15H22BrFN2. The predicted octanol–water partition coefficient (Wildman–Crippen LogP) is 3.85. The van der Waals surface area contributed by atoms with Crippen LogP contribution in [0.25, 0.3) is 0 Å². The summed E-state index contributed by atoms with van der Waals surface area (Å²) in [5, 5.41) is 0. The van der Waals surface area contributed by atoms with Crippen molar-refractivity contribution in [2.75, 3.05) is 19.6 Å². The maximum Gasteiger partial charge on any atom is 0.129 e. The van der Waals surface area contributed by atoms with E-state index in [1.54, 1.807) is 0 Å². The van der Waals surface area contributed by atoms with Gasteiger partial charge in [0.05, 0.1) is 0 Å². The van der Waals surface area contributed by atoms with Gasteiger partial charge in [0.2, 0.25) is 0 Å². The molecule has 1 atom stereocenters. The molecule has 1 heterocycles. The third-order valence-electron chi connectivity index (χ3n) is 3.88. The topological polar surface area (TPSA) is 29.3 Å². The molecule has 1 unspecified atom stereocenters. The Kier molecular flexibility index (Phi) is 5.79. The van der Waals surface area contributed by atoms with Gasteiger partial charge in [-0.2, -0.15) is 0 Å². The van der Waals surface area contributed by atoms with E-state index < -0.39 is 0 Å². The number of hydrogen-bond donors (Lipinski definition) is 1. The molecule has 0 bridgehead atoms. The summed E-state index contributed by atoms with van der Waals surface area (Å²) >= 11 is 3.30. The lowest BCUT2D eigenvalue weighted by atomic mass is 10.0. The van der Waals surface area contributed by atoms with E-state index in [0.717, 1.165) is 23.1 Å². The van der Waals surface area contributed by atoms with E-state index in [1.165, 1.54) is 38.2 Å². The summed E-state index contributed by atoms with van der Waals surface area (Å²) in [7, 11) is 0. The molecule has 0 aromatic heterocycles. The van der Waals surface area contributed by atoms with Gasteiger partial charge >= 0.3 is 0 Å². The second kappa shape index (κ2) is 7.36. The van der Waals surface area contributed by atoms with Crippen molar-refractivity contribution in [3.63, 3.8) is 0 Å². The standard InChI is InChI=1S/C15H22BrFN2/c16-12-6-7-13(14(17)10-12)15(11-18)19-8-4-2-1-3-5-9-19/h6-7,10,15H,1-5,8-9,11,18H2.